The Kier molecular flexibility index (Phi) is 1.01. The Labute approximate surface area is 53.7 Å². The van der Waals surface area contributed by atoms with Crippen molar-refractivity contribution in [3.63, 3.8) is 0 Å². The zero-order chi connectivity index (χ0) is 6.10. The molecule has 48 valence electrons. The largest absolute Gasteiger partial charge is 0.185 e. The average molecular weight is 123 g/mol. The Morgan fingerprint density at radius 3 is 2.56 bits per heavy atom. The van der Waals surface area contributed by atoms with Crippen LogP contribution in [0, 0.1) is 5.92 Å². The molecule has 1 aliphatic rings. The maximum atomic E-state index is 4.00. The van der Waals surface area contributed by atoms with Crippen LogP contribution in [0.2, 0.25) is 0 Å². The molecule has 3 nitrogen and oxygen atoms in total. The molecule has 0 amide bonds. The molecule has 0 aliphatic heterocycles. The van der Waals surface area contributed by atoms with Crippen molar-refractivity contribution in [2.75, 3.05) is 0 Å². The second-order valence-corrected chi connectivity index (χ2v) is 2.53. The van der Waals surface area contributed by atoms with Gasteiger partial charge in [-0.15, -0.1) is 0 Å². The van der Waals surface area contributed by atoms with Crippen LogP contribution in [0.25, 0.3) is 0 Å². The van der Waals surface area contributed by atoms with Crippen molar-refractivity contribution in [3.8, 4) is 0 Å². The van der Waals surface area contributed by atoms with Crippen LogP contribution in [0.1, 0.15) is 12.8 Å². The molecule has 3 heteroatoms. The van der Waals surface area contributed by atoms with Gasteiger partial charge in [-0.25, -0.2) is 0 Å². The summed E-state index contributed by atoms with van der Waals surface area (Å²) in [6.45, 7) is 1.02. The summed E-state index contributed by atoms with van der Waals surface area (Å²) in [5, 5.41) is 8.00. The fourth-order valence-corrected chi connectivity index (χ4v) is 0.869. The smallest absolute Gasteiger partial charge is 0.0693 e. The van der Waals surface area contributed by atoms with Gasteiger partial charge in [0.25, 0.3) is 0 Å². The van der Waals surface area contributed by atoms with Gasteiger partial charge in [-0.05, 0) is 18.8 Å². The Hall–Kier alpha value is -0.860. The van der Waals surface area contributed by atoms with E-state index in [1.807, 2.05) is 0 Å². The van der Waals surface area contributed by atoms with E-state index in [-0.39, 0.29) is 0 Å². The maximum Gasteiger partial charge on any atom is 0.0693 e. The highest BCUT2D eigenvalue weighted by atomic mass is 15.5. The summed E-state index contributed by atoms with van der Waals surface area (Å²) in [5.74, 6) is 0.873. The Balaban J connectivity index is 1.99. The van der Waals surface area contributed by atoms with Crippen LogP contribution in [0.4, 0.5) is 0 Å². The summed E-state index contributed by atoms with van der Waals surface area (Å²) < 4.78 is 0. The number of hydrogen-bond acceptors (Lipinski definition) is 2. The quantitative estimate of drug-likeness (QED) is 0.579. The van der Waals surface area contributed by atoms with Gasteiger partial charge in [-0.3, -0.25) is 0 Å². The third kappa shape index (κ3) is 1.09. The number of aromatic nitrogens is 3. The first kappa shape index (κ1) is 4.97. The lowest BCUT2D eigenvalue weighted by Crippen LogP contribution is -2.02. The van der Waals surface area contributed by atoms with Gasteiger partial charge >= 0.3 is 0 Å². The van der Waals surface area contributed by atoms with Gasteiger partial charge in [-0.1, -0.05) is 0 Å². The summed E-state index contributed by atoms with van der Waals surface area (Å²) in [4.78, 5) is 1.76. The fourth-order valence-electron chi connectivity index (χ4n) is 0.869. The first-order chi connectivity index (χ1) is 4.45. The van der Waals surface area contributed by atoms with Crippen molar-refractivity contribution in [1.82, 2.24) is 15.0 Å². The van der Waals surface area contributed by atoms with Crippen molar-refractivity contribution < 1.29 is 0 Å². The molecule has 0 N–H and O–H groups in total. The highest BCUT2D eigenvalue weighted by molar-refractivity contribution is 4.72. The SMILES string of the molecule is c1cnn(CC2CC2)n1. The van der Waals surface area contributed by atoms with Crippen LogP contribution in [0.5, 0.6) is 0 Å². The van der Waals surface area contributed by atoms with Crippen LogP contribution >= 0.6 is 0 Å². The van der Waals surface area contributed by atoms with Crippen LogP contribution in [0.15, 0.2) is 12.4 Å². The lowest BCUT2D eigenvalue weighted by atomic mass is 10.4. The second kappa shape index (κ2) is 1.83. The molecule has 0 saturated heterocycles. The van der Waals surface area contributed by atoms with Crippen molar-refractivity contribution in [2.45, 2.75) is 19.4 Å². The molecule has 0 unspecified atom stereocenters. The Bertz CT molecular complexity index is 176. The standard InChI is InChI=1S/C6H9N3/c1-2-6(1)5-9-7-3-4-8-9/h3-4,6H,1-2,5H2. The highest BCUT2D eigenvalue weighted by Gasteiger charge is 2.21. The molecule has 1 aromatic rings. The predicted molar refractivity (Wildman–Crippen MR) is 32.7 cm³/mol. The zero-order valence-electron chi connectivity index (χ0n) is 5.20. The molecule has 0 aromatic carbocycles. The first-order valence-electron chi connectivity index (χ1n) is 3.29. The third-order valence-corrected chi connectivity index (χ3v) is 1.59. The molecule has 1 heterocycles. The minimum Gasteiger partial charge on any atom is -0.185 e. The number of hydrogen-bond donors (Lipinski definition) is 0. The predicted octanol–water partition coefficient (Wildman–Crippen LogP) is 0.688. The summed E-state index contributed by atoms with van der Waals surface area (Å²) in [7, 11) is 0. The van der Waals surface area contributed by atoms with Crippen LogP contribution < -0.4 is 0 Å². The van der Waals surface area contributed by atoms with Crippen molar-refractivity contribution in [1.29, 1.82) is 0 Å². The topological polar surface area (TPSA) is 30.7 Å². The van der Waals surface area contributed by atoms with Gasteiger partial charge in [0.05, 0.1) is 18.9 Å². The van der Waals surface area contributed by atoms with E-state index in [1.54, 1.807) is 17.2 Å². The molecule has 0 radical (unpaired) electrons. The van der Waals surface area contributed by atoms with Crippen molar-refractivity contribution in [2.24, 2.45) is 5.92 Å². The van der Waals surface area contributed by atoms with Crippen molar-refractivity contribution >= 4 is 0 Å². The normalized spacial score (nSPS) is 18.2. The van der Waals surface area contributed by atoms with Gasteiger partial charge in [0, 0.05) is 0 Å². The summed E-state index contributed by atoms with van der Waals surface area (Å²) >= 11 is 0. The van der Waals surface area contributed by atoms with E-state index in [0.717, 1.165) is 12.5 Å². The van der Waals surface area contributed by atoms with E-state index in [1.165, 1.54) is 12.8 Å². The Morgan fingerprint density at radius 2 is 2.00 bits per heavy atom. The molecule has 1 aliphatic carbocycles. The van der Waals surface area contributed by atoms with E-state index in [9.17, 15) is 0 Å². The first-order valence-corrected chi connectivity index (χ1v) is 3.29. The molecule has 0 atom stereocenters. The fraction of sp³-hybridized carbons (Fsp3) is 0.667. The van der Waals surface area contributed by atoms with Crippen molar-refractivity contribution in [3.05, 3.63) is 12.4 Å². The molecule has 0 spiro atoms. The van der Waals surface area contributed by atoms with E-state index >= 15 is 0 Å². The van der Waals surface area contributed by atoms with Gasteiger partial charge < -0.3 is 0 Å². The summed E-state index contributed by atoms with van der Waals surface area (Å²) in [5.41, 5.74) is 0. The van der Waals surface area contributed by atoms with Crippen LogP contribution in [-0.2, 0) is 6.54 Å². The molecular formula is C6H9N3. The second-order valence-electron chi connectivity index (χ2n) is 2.53. The minimum absolute atomic E-state index is 0.873. The van der Waals surface area contributed by atoms with E-state index < -0.39 is 0 Å². The molecule has 1 fully saturated rings. The average Bonchev–Trinajstić information content (AvgIpc) is 2.46. The molecule has 0 bridgehead atoms. The molecule has 9 heavy (non-hydrogen) atoms. The van der Waals surface area contributed by atoms with Gasteiger partial charge in [0.2, 0.25) is 0 Å². The van der Waals surface area contributed by atoms with E-state index in [2.05, 4.69) is 10.2 Å². The van der Waals surface area contributed by atoms with Crippen LogP contribution in [0.3, 0.4) is 0 Å². The lowest BCUT2D eigenvalue weighted by Gasteiger charge is -1.92. The number of rotatable bonds is 2. The molecule has 1 aromatic heterocycles. The van der Waals surface area contributed by atoms with Gasteiger partial charge in [-0.2, -0.15) is 15.0 Å². The van der Waals surface area contributed by atoms with Gasteiger partial charge in [0.1, 0.15) is 0 Å². The summed E-state index contributed by atoms with van der Waals surface area (Å²) in [6, 6.07) is 0. The minimum atomic E-state index is 0.873. The Morgan fingerprint density at radius 1 is 1.33 bits per heavy atom. The molecule has 2 rings (SSSR count). The lowest BCUT2D eigenvalue weighted by molar-refractivity contribution is 0.498. The molecule has 1 saturated carbocycles. The van der Waals surface area contributed by atoms with Gasteiger partial charge in [0.15, 0.2) is 0 Å². The number of nitrogens with zero attached hydrogens (tertiary/aromatic N) is 3. The monoisotopic (exact) mass is 123 g/mol. The van der Waals surface area contributed by atoms with E-state index in [4.69, 9.17) is 0 Å². The third-order valence-electron chi connectivity index (χ3n) is 1.59. The van der Waals surface area contributed by atoms with Crippen LogP contribution in [-0.4, -0.2) is 15.0 Å². The van der Waals surface area contributed by atoms with E-state index in [0.29, 0.717) is 0 Å². The maximum absolute atomic E-state index is 4.00. The summed E-state index contributed by atoms with van der Waals surface area (Å²) in [6.07, 6.45) is 6.17. The zero-order valence-corrected chi connectivity index (χ0v) is 5.20. The highest BCUT2D eigenvalue weighted by Crippen LogP contribution is 2.29. The molecular weight excluding hydrogens is 114 g/mol.